The monoisotopic (exact) mass is 1260 g/mol. The largest absolute Gasteiger partial charge is 0.508 e. The molecule has 0 radical (unpaired) electrons. The van der Waals surface area contributed by atoms with Crippen LogP contribution in [0.15, 0.2) is 319 Å². The predicted molar refractivity (Wildman–Crippen MR) is 375 cm³/mol. The van der Waals surface area contributed by atoms with Crippen molar-refractivity contribution in [3.8, 4) is 34.5 Å². The predicted octanol–water partition coefficient (Wildman–Crippen LogP) is 18.1. The zero-order chi connectivity index (χ0) is 67.4. The molecule has 0 heterocycles. The Bertz CT molecular complexity index is 4180. The van der Waals surface area contributed by atoms with Gasteiger partial charge in [0, 0.05) is 0 Å². The van der Waals surface area contributed by atoms with Crippen molar-refractivity contribution < 1.29 is 35.5 Å². The Morgan fingerprint density at radius 2 is 0.547 bits per heavy atom. The van der Waals surface area contributed by atoms with Crippen LogP contribution in [0.25, 0.3) is 0 Å². The molecule has 0 saturated heterocycles. The summed E-state index contributed by atoms with van der Waals surface area (Å²) < 4.78 is 0. The zero-order valence-corrected chi connectivity index (χ0v) is 52.2. The molecule has 0 aromatic heterocycles. The van der Waals surface area contributed by atoms with Gasteiger partial charge in [-0.2, -0.15) is 0 Å². The van der Waals surface area contributed by atoms with Gasteiger partial charge in [-0.1, -0.05) is 244 Å². The van der Waals surface area contributed by atoms with Gasteiger partial charge in [-0.15, -0.1) is 14.7 Å². The third-order valence-corrected chi connectivity index (χ3v) is 16.6. The molecule has 0 spiro atoms. The van der Waals surface area contributed by atoms with Crippen LogP contribution in [0, 0.1) is 20.6 Å². The molecule has 476 valence electrons. The highest BCUT2D eigenvalue weighted by atomic mass is 16.7. The third-order valence-electron chi connectivity index (χ3n) is 16.6. The Hall–Kier alpha value is -12.4. The van der Waals surface area contributed by atoms with Crippen LogP contribution in [-0.4, -0.2) is 37.2 Å². The summed E-state index contributed by atoms with van der Waals surface area (Å²) in [4.78, 5) is 36.3. The maximum Gasteiger partial charge on any atom is 0.155 e. The number of phenolic OH excluding ortho intramolecular Hbond substituents is 6. The van der Waals surface area contributed by atoms with Gasteiger partial charge in [-0.05, 0) is 162 Å². The number of nitrogens with zero attached hydrogens (tertiary/aromatic N) is 3. The van der Waals surface area contributed by atoms with Crippen molar-refractivity contribution in [3.63, 3.8) is 0 Å². The average molecular weight is 1260 g/mol. The maximum absolute atomic E-state index is 11.4. The fourth-order valence-corrected chi connectivity index (χ4v) is 12.1. The number of hydrogen-bond acceptors (Lipinski definition) is 15. The van der Waals surface area contributed by atoms with E-state index in [4.69, 9.17) is 11.5 Å². The van der Waals surface area contributed by atoms with Crippen LogP contribution in [0.5, 0.6) is 34.5 Å². The van der Waals surface area contributed by atoms with Crippen molar-refractivity contribution in [2.45, 2.75) is 36.5 Å². The van der Waals surface area contributed by atoms with Crippen molar-refractivity contribution in [1.29, 1.82) is 0 Å². The summed E-state index contributed by atoms with van der Waals surface area (Å²) in [6, 6.07) is 94.4. The molecule has 0 bridgehead atoms. The van der Waals surface area contributed by atoms with Crippen molar-refractivity contribution >= 4 is 22.7 Å². The van der Waals surface area contributed by atoms with Gasteiger partial charge in [0.2, 0.25) is 0 Å². The van der Waals surface area contributed by atoms with Gasteiger partial charge in [0.05, 0.1) is 27.6 Å². The number of nitroso groups, excluding NO2 is 2. The molecule has 0 saturated carbocycles. The van der Waals surface area contributed by atoms with Gasteiger partial charge in [0.25, 0.3) is 0 Å². The van der Waals surface area contributed by atoms with E-state index in [1.165, 1.54) is 24.3 Å². The second kappa shape index (κ2) is 31.1. The molecule has 0 aliphatic rings. The minimum atomic E-state index is -0.983. The first-order chi connectivity index (χ1) is 46.1. The van der Waals surface area contributed by atoms with E-state index in [1.807, 2.05) is 170 Å². The molecule has 12 rings (SSSR count). The summed E-state index contributed by atoms with van der Waals surface area (Å²) in [5.41, 5.74) is 21.4. The Labute approximate surface area is 551 Å². The van der Waals surface area contributed by atoms with Crippen molar-refractivity contribution in [1.82, 2.24) is 0 Å². The van der Waals surface area contributed by atoms with Crippen LogP contribution in [0.2, 0.25) is 0 Å². The molecule has 12 aromatic carbocycles. The van der Waals surface area contributed by atoms with Crippen LogP contribution < -0.4 is 11.5 Å². The topological polar surface area (TPSA) is 271 Å². The van der Waals surface area contributed by atoms with Crippen LogP contribution in [0.1, 0.15) is 87.0 Å². The highest BCUT2D eigenvalue weighted by Gasteiger charge is 2.42. The quantitative estimate of drug-likeness (QED) is 0.00995. The van der Waals surface area contributed by atoms with Gasteiger partial charge in [-0.25, -0.2) is 0 Å². The molecule has 0 amide bonds. The summed E-state index contributed by atoms with van der Waals surface area (Å²) in [5.74, 6) is 0.670. The van der Waals surface area contributed by atoms with E-state index in [0.29, 0.717) is 35.0 Å². The van der Waals surface area contributed by atoms with E-state index >= 15 is 0 Å². The second-order valence-corrected chi connectivity index (χ2v) is 22.8. The molecular formula is C80H71N5O10. The summed E-state index contributed by atoms with van der Waals surface area (Å²) in [5, 5.41) is 68.0. The Balaban J connectivity index is 0.000000158. The number of hydrogen-bond donors (Lipinski definition) is 8. The van der Waals surface area contributed by atoms with Crippen molar-refractivity contribution in [2.75, 3.05) is 18.1 Å². The molecule has 0 aliphatic carbocycles. The number of benzene rings is 12. The van der Waals surface area contributed by atoms with Gasteiger partial charge < -0.3 is 46.9 Å². The van der Waals surface area contributed by atoms with Gasteiger partial charge in [0.15, 0.2) is 5.34 Å². The number of phenols is 6. The van der Waals surface area contributed by atoms with E-state index in [2.05, 4.69) is 82.9 Å². The lowest BCUT2D eigenvalue weighted by molar-refractivity contribution is 0.128. The first kappa shape index (κ1) is 67.0. The normalized spacial score (nSPS) is 11.1. The van der Waals surface area contributed by atoms with E-state index < -0.39 is 16.2 Å². The average Bonchev–Trinajstić information content (AvgIpc) is 0.750. The summed E-state index contributed by atoms with van der Waals surface area (Å²) >= 11 is 0. The molecule has 0 unspecified atom stereocenters. The Kier molecular flexibility index (Phi) is 22.0. The minimum Gasteiger partial charge on any atom is -0.508 e. The smallest absolute Gasteiger partial charge is 0.155 e. The molecule has 0 aliphatic heterocycles. The van der Waals surface area contributed by atoms with Gasteiger partial charge >= 0.3 is 0 Å². The number of aromatic hydroxyl groups is 6. The van der Waals surface area contributed by atoms with Gasteiger partial charge in [-0.3, -0.25) is 0 Å². The number of nitrogens with two attached hydrogens (primary N) is 2. The third kappa shape index (κ3) is 14.6. The molecular weight excluding hydrogens is 1190 g/mol. The molecule has 15 nitrogen and oxygen atoms in total. The highest BCUT2D eigenvalue weighted by Crippen LogP contribution is 2.51. The second-order valence-electron chi connectivity index (χ2n) is 22.8. The molecule has 0 fully saturated rings. The van der Waals surface area contributed by atoms with Gasteiger partial charge in [0.1, 0.15) is 52.5 Å². The molecule has 12 aromatic rings. The lowest BCUT2D eigenvalue weighted by Crippen LogP contribution is -2.31. The number of nitrogen functional groups attached to an aromatic ring is 2. The minimum absolute atomic E-state index is 0.0361. The molecule has 15 heteroatoms. The standard InChI is InChI=1S/C25H18N2O4.C25H22N2O2.C25H20O2.C5H11NO2/c28-23-13-11-19(15-21(23)26-30)25(17-7-3-1-4-8-17,18-9-5-2-6-10-18)20-12-14-24(29)22(16-20)27-31;26-21-15-19(11-13-23(21)28)25(17-7-3-1-4-8-17,18-9-5-2-6-10-18)20-12-14-24(29)22(27)16-20;26-23-15-11-21(12-16-23)25(19-7-3-1-4-8-19,20-9-5-2-6-10-20)22-13-17-24(27)18-14-22;1-5(2)3-4-8-6-7/h1-16,28-29H;1-16,28-29H,26-27H2;1-18,26-27H;5H,3-4H2,1-2H3. The van der Waals surface area contributed by atoms with E-state index in [-0.39, 0.29) is 45.9 Å². The lowest BCUT2D eigenvalue weighted by atomic mass is 9.65. The molecule has 95 heavy (non-hydrogen) atoms. The zero-order valence-electron chi connectivity index (χ0n) is 52.2. The maximum atomic E-state index is 11.4. The van der Waals surface area contributed by atoms with Crippen LogP contribution in [0.4, 0.5) is 22.7 Å². The molecule has 0 atom stereocenters. The van der Waals surface area contributed by atoms with Crippen molar-refractivity contribution in [3.05, 3.63) is 385 Å². The fourth-order valence-electron chi connectivity index (χ4n) is 12.1. The Morgan fingerprint density at radius 3 is 0.789 bits per heavy atom. The van der Waals surface area contributed by atoms with Crippen LogP contribution >= 0.6 is 0 Å². The van der Waals surface area contributed by atoms with Crippen molar-refractivity contribution in [2.24, 2.45) is 21.6 Å². The van der Waals surface area contributed by atoms with Crippen LogP contribution in [0.3, 0.4) is 0 Å². The molecule has 10 N–H and O–H groups in total. The first-order valence-corrected chi connectivity index (χ1v) is 30.5. The SMILES string of the molecule is CC(C)CCON=O.Nc1cc(C(c2ccccc2)(c2ccccc2)c2ccc(O)c(N)c2)ccc1O.O=Nc1cc(C(c2ccccc2)(c2ccccc2)c2ccc(O)c(N=O)c2)ccc1O.Oc1ccc(C(c2ccccc2)(c2ccccc2)c2ccc(O)cc2)cc1. The first-order valence-electron chi connectivity index (χ1n) is 30.5. The number of rotatable bonds is 18. The summed E-state index contributed by atoms with van der Waals surface area (Å²) in [7, 11) is 0. The van der Waals surface area contributed by atoms with E-state index in [9.17, 15) is 45.4 Å². The highest BCUT2D eigenvalue weighted by molar-refractivity contribution is 5.70. The number of anilines is 2. The van der Waals surface area contributed by atoms with E-state index in [0.717, 1.165) is 62.1 Å². The fraction of sp³-hybridized carbons (Fsp3) is 0.100. The summed E-state index contributed by atoms with van der Waals surface area (Å²) in [6.07, 6.45) is 0.895. The summed E-state index contributed by atoms with van der Waals surface area (Å²) in [6.45, 7) is 4.57. The van der Waals surface area contributed by atoms with Crippen LogP contribution in [-0.2, 0) is 21.1 Å². The lowest BCUT2D eigenvalue weighted by Gasteiger charge is -2.37. The van der Waals surface area contributed by atoms with E-state index in [1.54, 1.807) is 60.7 Å². The Morgan fingerprint density at radius 1 is 0.316 bits per heavy atom.